The summed E-state index contributed by atoms with van der Waals surface area (Å²) < 4.78 is 37.3. The molecule has 4 bridgehead atoms. The van der Waals surface area contributed by atoms with Crippen LogP contribution >= 0.6 is 0 Å². The maximum atomic E-state index is 13.8. The van der Waals surface area contributed by atoms with Gasteiger partial charge in [-0.2, -0.15) is 4.72 Å². The fourth-order valence-corrected chi connectivity index (χ4v) is 9.91. The highest BCUT2D eigenvalue weighted by Crippen LogP contribution is 2.62. The molecule has 2 saturated heterocycles. The van der Waals surface area contributed by atoms with E-state index in [-0.39, 0.29) is 17.5 Å². The van der Waals surface area contributed by atoms with Crippen molar-refractivity contribution in [2.45, 2.75) is 134 Å². The molecule has 0 radical (unpaired) electrons. The van der Waals surface area contributed by atoms with Gasteiger partial charge in [-0.15, -0.1) is 0 Å². The SMILES string of the molecule is Cc1cccc(C)c1C1CC2NC(N1)NS(=O)(=O)C1CCCC(C1)CN(C1CC3(CC3)C1)[C@H](CCC(C)C)CO2. The zero-order valence-electron chi connectivity index (χ0n) is 25.1. The normalized spacial score (nSPS) is 36.3. The number of sulfonamides is 1. The van der Waals surface area contributed by atoms with Gasteiger partial charge in [-0.05, 0) is 106 Å². The van der Waals surface area contributed by atoms with Gasteiger partial charge in [0.05, 0.1) is 11.9 Å². The van der Waals surface area contributed by atoms with E-state index in [2.05, 4.69) is 66.1 Å². The Kier molecular flexibility index (Phi) is 8.41. The summed E-state index contributed by atoms with van der Waals surface area (Å²) in [6, 6.07) is 7.41. The van der Waals surface area contributed by atoms with Gasteiger partial charge in [-0.3, -0.25) is 15.5 Å². The van der Waals surface area contributed by atoms with Gasteiger partial charge >= 0.3 is 0 Å². The van der Waals surface area contributed by atoms with Crippen LogP contribution in [0.1, 0.15) is 107 Å². The predicted octanol–water partition coefficient (Wildman–Crippen LogP) is 5.09. The molecule has 5 aliphatic rings. The van der Waals surface area contributed by atoms with E-state index < -0.39 is 16.3 Å². The van der Waals surface area contributed by atoms with Crippen LogP contribution in [0.25, 0.3) is 0 Å². The molecule has 2 aliphatic heterocycles. The van der Waals surface area contributed by atoms with Crippen molar-refractivity contribution in [3.63, 3.8) is 0 Å². The standard InChI is InChI=1S/C32H52N4O3S/c1-21(2)11-12-25-20-39-29-16-28(30-22(3)7-5-8-23(30)4)33-31(34-29)35-40(37,38)27-10-6-9-24(15-27)19-36(25)26-17-32(18-26)13-14-32/h5,7-8,21,24-29,31,33-35H,6,9-20H2,1-4H3/t24?,25-,27?,28?,29?,31?/m1/s1. The van der Waals surface area contributed by atoms with E-state index in [9.17, 15) is 8.42 Å². The average molecular weight is 573 g/mol. The van der Waals surface area contributed by atoms with Gasteiger partial charge in [-0.1, -0.05) is 38.5 Å². The van der Waals surface area contributed by atoms with Gasteiger partial charge in [0, 0.05) is 31.1 Å². The highest BCUT2D eigenvalue weighted by atomic mass is 32.2. The Labute approximate surface area is 242 Å². The Morgan fingerprint density at radius 3 is 2.52 bits per heavy atom. The molecule has 40 heavy (non-hydrogen) atoms. The monoisotopic (exact) mass is 572 g/mol. The Morgan fingerprint density at radius 2 is 1.82 bits per heavy atom. The molecule has 6 atom stereocenters. The smallest absolute Gasteiger partial charge is 0.216 e. The predicted molar refractivity (Wildman–Crippen MR) is 160 cm³/mol. The van der Waals surface area contributed by atoms with Crippen molar-refractivity contribution < 1.29 is 13.2 Å². The number of aryl methyl sites for hydroxylation is 2. The summed E-state index contributed by atoms with van der Waals surface area (Å²) in [5, 5.41) is 6.77. The molecule has 0 aromatic heterocycles. The van der Waals surface area contributed by atoms with Crippen LogP contribution in [-0.2, 0) is 14.8 Å². The van der Waals surface area contributed by atoms with Crippen molar-refractivity contribution in [1.29, 1.82) is 0 Å². The lowest BCUT2D eigenvalue weighted by atomic mass is 9.74. The van der Waals surface area contributed by atoms with E-state index >= 15 is 0 Å². The summed E-state index contributed by atoms with van der Waals surface area (Å²) in [7, 11) is -3.49. The molecule has 6 rings (SSSR count). The van der Waals surface area contributed by atoms with E-state index in [1.165, 1.54) is 48.8 Å². The lowest BCUT2D eigenvalue weighted by Gasteiger charge is -2.49. The summed E-state index contributed by atoms with van der Waals surface area (Å²) >= 11 is 0. The van der Waals surface area contributed by atoms with Crippen LogP contribution in [0.5, 0.6) is 0 Å². The minimum absolute atomic E-state index is 0.0101. The molecule has 3 N–H and O–H groups in total. The number of nitrogens with zero attached hydrogens (tertiary/aromatic N) is 1. The van der Waals surface area contributed by atoms with Crippen LogP contribution < -0.4 is 15.4 Å². The third-order valence-electron chi connectivity index (χ3n) is 10.8. The van der Waals surface area contributed by atoms with E-state index in [0.717, 1.165) is 45.1 Å². The maximum absolute atomic E-state index is 13.8. The summed E-state index contributed by atoms with van der Waals surface area (Å²) in [5.41, 5.74) is 4.35. The molecule has 3 saturated carbocycles. The van der Waals surface area contributed by atoms with Gasteiger partial charge in [0.15, 0.2) is 0 Å². The van der Waals surface area contributed by atoms with Gasteiger partial charge in [-0.25, -0.2) is 8.42 Å². The van der Waals surface area contributed by atoms with Crippen molar-refractivity contribution in [1.82, 2.24) is 20.3 Å². The zero-order chi connectivity index (χ0) is 28.1. The first kappa shape index (κ1) is 29.1. The van der Waals surface area contributed by atoms with Crippen LogP contribution in [0.15, 0.2) is 18.2 Å². The van der Waals surface area contributed by atoms with Crippen molar-refractivity contribution in [3.8, 4) is 0 Å². The lowest BCUT2D eigenvalue weighted by molar-refractivity contribution is -0.0678. The maximum Gasteiger partial charge on any atom is 0.216 e. The van der Waals surface area contributed by atoms with E-state index in [0.29, 0.717) is 35.9 Å². The Morgan fingerprint density at radius 1 is 1.07 bits per heavy atom. The number of rotatable bonds is 5. The minimum atomic E-state index is -3.49. The summed E-state index contributed by atoms with van der Waals surface area (Å²) in [4.78, 5) is 2.80. The third kappa shape index (κ3) is 6.32. The first-order chi connectivity index (χ1) is 19.1. The van der Waals surface area contributed by atoms with Crippen molar-refractivity contribution >= 4 is 10.0 Å². The molecule has 224 valence electrons. The fourth-order valence-electron chi connectivity index (χ4n) is 8.25. The van der Waals surface area contributed by atoms with Crippen molar-refractivity contribution in [2.75, 3.05) is 13.2 Å². The Hall–Kier alpha value is -1.03. The largest absolute Gasteiger partial charge is 0.362 e. The number of hydrogen-bond acceptors (Lipinski definition) is 6. The Balaban J connectivity index is 1.30. The van der Waals surface area contributed by atoms with Gasteiger partial charge < -0.3 is 4.74 Å². The van der Waals surface area contributed by atoms with E-state index in [1.807, 2.05) is 0 Å². The van der Waals surface area contributed by atoms with Crippen LogP contribution in [0.3, 0.4) is 0 Å². The first-order valence-electron chi connectivity index (χ1n) is 16.1. The summed E-state index contributed by atoms with van der Waals surface area (Å²) in [6.45, 7) is 10.7. The molecular formula is C32H52N4O3S. The number of fused-ring (bicyclic) bond motifs is 4. The van der Waals surface area contributed by atoms with Gasteiger partial charge in [0.2, 0.25) is 10.0 Å². The van der Waals surface area contributed by atoms with Crippen LogP contribution in [0, 0.1) is 31.1 Å². The lowest BCUT2D eigenvalue weighted by Crippen LogP contribution is -2.64. The molecule has 5 fully saturated rings. The van der Waals surface area contributed by atoms with Crippen LogP contribution in [0.2, 0.25) is 0 Å². The zero-order valence-corrected chi connectivity index (χ0v) is 25.9. The van der Waals surface area contributed by atoms with Crippen LogP contribution in [0.4, 0.5) is 0 Å². The third-order valence-corrected chi connectivity index (χ3v) is 12.7. The average Bonchev–Trinajstić information content (AvgIpc) is 3.68. The van der Waals surface area contributed by atoms with Gasteiger partial charge in [0.25, 0.3) is 0 Å². The fraction of sp³-hybridized carbons (Fsp3) is 0.812. The second-order valence-electron chi connectivity index (χ2n) is 14.4. The highest BCUT2D eigenvalue weighted by molar-refractivity contribution is 7.90. The molecule has 2 heterocycles. The second-order valence-corrected chi connectivity index (χ2v) is 16.4. The van der Waals surface area contributed by atoms with E-state index in [4.69, 9.17) is 4.74 Å². The molecule has 8 heteroatoms. The quantitative estimate of drug-likeness (QED) is 0.456. The molecule has 0 amide bonds. The van der Waals surface area contributed by atoms with Gasteiger partial charge in [0.1, 0.15) is 12.5 Å². The van der Waals surface area contributed by atoms with Crippen molar-refractivity contribution in [3.05, 3.63) is 34.9 Å². The Bertz CT molecular complexity index is 1120. The highest BCUT2D eigenvalue weighted by Gasteiger charge is 2.55. The number of ether oxygens (including phenoxy) is 1. The number of hydrogen-bond donors (Lipinski definition) is 3. The van der Waals surface area contributed by atoms with E-state index in [1.54, 1.807) is 0 Å². The molecule has 1 aromatic rings. The molecule has 5 unspecified atom stereocenters. The second kappa shape index (κ2) is 11.6. The first-order valence-corrected chi connectivity index (χ1v) is 17.6. The summed E-state index contributed by atoms with van der Waals surface area (Å²) in [6.07, 6.45) is 11.4. The molecule has 1 spiro atoms. The van der Waals surface area contributed by atoms with Crippen molar-refractivity contribution in [2.24, 2.45) is 17.3 Å². The molecular weight excluding hydrogens is 520 g/mol. The van der Waals surface area contributed by atoms with Crippen LogP contribution in [-0.4, -0.2) is 56.3 Å². The topological polar surface area (TPSA) is 82.7 Å². The number of benzene rings is 1. The molecule has 1 aromatic carbocycles. The number of nitrogens with one attached hydrogen (secondary N) is 3. The molecule has 3 aliphatic carbocycles. The minimum Gasteiger partial charge on any atom is -0.362 e. The summed E-state index contributed by atoms with van der Waals surface area (Å²) in [5.74, 6) is 1.09. The molecule has 7 nitrogen and oxygen atoms in total.